The molecule has 0 spiro atoms. The topological polar surface area (TPSA) is 36.4 Å². The second-order valence-corrected chi connectivity index (χ2v) is 3.64. The SMILES string of the molecule is Cc1ccnc(N2CC(O)C2)c1C. The van der Waals surface area contributed by atoms with E-state index in [1.807, 2.05) is 12.3 Å². The maximum Gasteiger partial charge on any atom is 0.131 e. The van der Waals surface area contributed by atoms with Crippen LogP contribution in [-0.4, -0.2) is 29.3 Å². The van der Waals surface area contributed by atoms with Crippen LogP contribution in [0.3, 0.4) is 0 Å². The van der Waals surface area contributed by atoms with E-state index in [0.29, 0.717) is 0 Å². The number of nitrogens with zero attached hydrogens (tertiary/aromatic N) is 2. The van der Waals surface area contributed by atoms with Gasteiger partial charge in [0, 0.05) is 19.3 Å². The van der Waals surface area contributed by atoms with Gasteiger partial charge in [0.15, 0.2) is 0 Å². The molecule has 0 saturated carbocycles. The number of aliphatic hydroxyl groups is 1. The van der Waals surface area contributed by atoms with Gasteiger partial charge in [-0.25, -0.2) is 4.98 Å². The van der Waals surface area contributed by atoms with Gasteiger partial charge in [0.2, 0.25) is 0 Å². The van der Waals surface area contributed by atoms with Crippen molar-refractivity contribution in [3.05, 3.63) is 23.4 Å². The summed E-state index contributed by atoms with van der Waals surface area (Å²) in [5.74, 6) is 1.02. The summed E-state index contributed by atoms with van der Waals surface area (Å²) < 4.78 is 0. The highest BCUT2D eigenvalue weighted by Crippen LogP contribution is 2.23. The Morgan fingerprint density at radius 3 is 2.77 bits per heavy atom. The smallest absolute Gasteiger partial charge is 0.131 e. The zero-order chi connectivity index (χ0) is 9.42. The first-order valence-corrected chi connectivity index (χ1v) is 4.53. The van der Waals surface area contributed by atoms with Gasteiger partial charge in [-0.1, -0.05) is 0 Å². The van der Waals surface area contributed by atoms with E-state index in [4.69, 9.17) is 0 Å². The molecule has 70 valence electrons. The van der Waals surface area contributed by atoms with Crippen LogP contribution in [0.15, 0.2) is 12.3 Å². The standard InChI is InChI=1S/C10H14N2O/c1-7-3-4-11-10(8(7)2)12-5-9(13)6-12/h3-4,9,13H,5-6H2,1-2H3. The van der Waals surface area contributed by atoms with Gasteiger partial charge in [0.05, 0.1) is 6.10 Å². The predicted octanol–water partition coefficient (Wildman–Crippen LogP) is 0.879. The molecule has 1 aliphatic rings. The summed E-state index contributed by atoms with van der Waals surface area (Å²) in [6.07, 6.45) is 1.66. The van der Waals surface area contributed by atoms with Crippen LogP contribution < -0.4 is 4.90 Å². The Labute approximate surface area is 78.0 Å². The molecule has 0 radical (unpaired) electrons. The molecule has 1 N–H and O–H groups in total. The molecule has 1 aromatic heterocycles. The molecule has 1 saturated heterocycles. The van der Waals surface area contributed by atoms with E-state index in [1.165, 1.54) is 11.1 Å². The number of hydrogen-bond acceptors (Lipinski definition) is 3. The van der Waals surface area contributed by atoms with Crippen LogP contribution in [0.5, 0.6) is 0 Å². The van der Waals surface area contributed by atoms with Crippen molar-refractivity contribution in [1.29, 1.82) is 0 Å². The zero-order valence-corrected chi connectivity index (χ0v) is 7.99. The van der Waals surface area contributed by atoms with Gasteiger partial charge >= 0.3 is 0 Å². The molecule has 0 bridgehead atoms. The maximum absolute atomic E-state index is 9.17. The van der Waals surface area contributed by atoms with Crippen molar-refractivity contribution in [1.82, 2.24) is 4.98 Å². The Kier molecular flexibility index (Phi) is 1.96. The molecule has 0 unspecified atom stereocenters. The number of aryl methyl sites for hydroxylation is 1. The van der Waals surface area contributed by atoms with Crippen molar-refractivity contribution in [3.8, 4) is 0 Å². The lowest BCUT2D eigenvalue weighted by Gasteiger charge is -2.37. The minimum Gasteiger partial charge on any atom is -0.389 e. The van der Waals surface area contributed by atoms with E-state index < -0.39 is 0 Å². The van der Waals surface area contributed by atoms with Gasteiger partial charge < -0.3 is 10.0 Å². The van der Waals surface area contributed by atoms with Crippen LogP contribution in [0.2, 0.25) is 0 Å². The van der Waals surface area contributed by atoms with Crippen molar-refractivity contribution in [2.75, 3.05) is 18.0 Å². The molecule has 0 amide bonds. The third kappa shape index (κ3) is 1.40. The Morgan fingerprint density at radius 2 is 2.15 bits per heavy atom. The summed E-state index contributed by atoms with van der Waals surface area (Å²) in [5.41, 5.74) is 2.47. The third-order valence-electron chi connectivity index (χ3n) is 2.61. The molecular weight excluding hydrogens is 164 g/mol. The minimum absolute atomic E-state index is 0.165. The van der Waals surface area contributed by atoms with Crippen LogP contribution >= 0.6 is 0 Å². The highest BCUT2D eigenvalue weighted by Gasteiger charge is 2.26. The molecule has 1 aromatic rings. The van der Waals surface area contributed by atoms with E-state index in [0.717, 1.165) is 18.9 Å². The fraction of sp³-hybridized carbons (Fsp3) is 0.500. The highest BCUT2D eigenvalue weighted by atomic mass is 16.3. The quantitative estimate of drug-likeness (QED) is 0.693. The number of anilines is 1. The molecule has 13 heavy (non-hydrogen) atoms. The molecule has 0 aliphatic carbocycles. The third-order valence-corrected chi connectivity index (χ3v) is 2.61. The Balaban J connectivity index is 2.26. The van der Waals surface area contributed by atoms with Crippen molar-refractivity contribution in [2.45, 2.75) is 20.0 Å². The molecule has 3 nitrogen and oxygen atoms in total. The Bertz CT molecular complexity index is 319. The summed E-state index contributed by atoms with van der Waals surface area (Å²) in [4.78, 5) is 6.41. The van der Waals surface area contributed by atoms with E-state index in [-0.39, 0.29) is 6.10 Å². The highest BCUT2D eigenvalue weighted by molar-refractivity contribution is 5.51. The van der Waals surface area contributed by atoms with Crippen LogP contribution in [-0.2, 0) is 0 Å². The number of pyridine rings is 1. The molecule has 3 heteroatoms. The second kappa shape index (κ2) is 3.00. The average Bonchev–Trinajstić information content (AvgIpc) is 2.05. The van der Waals surface area contributed by atoms with E-state index >= 15 is 0 Å². The number of hydrogen-bond donors (Lipinski definition) is 1. The van der Waals surface area contributed by atoms with Crippen molar-refractivity contribution in [2.24, 2.45) is 0 Å². The predicted molar refractivity (Wildman–Crippen MR) is 51.9 cm³/mol. The summed E-state index contributed by atoms with van der Waals surface area (Å²) in [6.45, 7) is 5.59. The number of aliphatic hydroxyl groups excluding tert-OH is 1. The monoisotopic (exact) mass is 178 g/mol. The van der Waals surface area contributed by atoms with Crippen LogP contribution in [0.4, 0.5) is 5.82 Å². The number of aromatic nitrogens is 1. The van der Waals surface area contributed by atoms with Crippen LogP contribution in [0.25, 0.3) is 0 Å². The van der Waals surface area contributed by atoms with Crippen molar-refractivity contribution in [3.63, 3.8) is 0 Å². The average molecular weight is 178 g/mol. The van der Waals surface area contributed by atoms with Crippen molar-refractivity contribution >= 4 is 5.82 Å². The van der Waals surface area contributed by atoms with Gasteiger partial charge in [0.1, 0.15) is 5.82 Å². The fourth-order valence-electron chi connectivity index (χ4n) is 1.56. The van der Waals surface area contributed by atoms with E-state index in [1.54, 1.807) is 0 Å². The molecule has 0 aromatic carbocycles. The van der Waals surface area contributed by atoms with Gasteiger partial charge in [-0.05, 0) is 31.0 Å². The largest absolute Gasteiger partial charge is 0.389 e. The lowest BCUT2D eigenvalue weighted by atomic mass is 10.1. The lowest BCUT2D eigenvalue weighted by molar-refractivity contribution is 0.141. The first kappa shape index (κ1) is 8.51. The van der Waals surface area contributed by atoms with E-state index in [9.17, 15) is 5.11 Å². The summed E-state index contributed by atoms with van der Waals surface area (Å²) >= 11 is 0. The van der Waals surface area contributed by atoms with Gasteiger partial charge in [-0.3, -0.25) is 0 Å². The van der Waals surface area contributed by atoms with Gasteiger partial charge in [-0.15, -0.1) is 0 Å². The lowest BCUT2D eigenvalue weighted by Crippen LogP contribution is -2.51. The molecule has 1 aliphatic heterocycles. The van der Waals surface area contributed by atoms with Crippen molar-refractivity contribution < 1.29 is 5.11 Å². The molecule has 2 rings (SSSR count). The van der Waals surface area contributed by atoms with Gasteiger partial charge in [-0.2, -0.15) is 0 Å². The summed E-state index contributed by atoms with van der Waals surface area (Å²) in [7, 11) is 0. The summed E-state index contributed by atoms with van der Waals surface area (Å²) in [5, 5.41) is 9.17. The minimum atomic E-state index is -0.165. The van der Waals surface area contributed by atoms with Crippen LogP contribution in [0, 0.1) is 13.8 Å². The molecular formula is C10H14N2O. The van der Waals surface area contributed by atoms with Gasteiger partial charge in [0.25, 0.3) is 0 Å². The molecule has 0 atom stereocenters. The van der Waals surface area contributed by atoms with E-state index in [2.05, 4.69) is 23.7 Å². The summed E-state index contributed by atoms with van der Waals surface area (Å²) in [6, 6.07) is 2.01. The first-order valence-electron chi connectivity index (χ1n) is 4.53. The molecule has 2 heterocycles. The normalized spacial score (nSPS) is 17.3. The fourth-order valence-corrected chi connectivity index (χ4v) is 1.56. The Hall–Kier alpha value is -1.09. The van der Waals surface area contributed by atoms with Crippen LogP contribution in [0.1, 0.15) is 11.1 Å². The first-order chi connectivity index (χ1) is 6.18. The number of rotatable bonds is 1. The maximum atomic E-state index is 9.17. The second-order valence-electron chi connectivity index (χ2n) is 3.64. The Morgan fingerprint density at radius 1 is 1.46 bits per heavy atom. The zero-order valence-electron chi connectivity index (χ0n) is 7.99. The molecule has 1 fully saturated rings. The number of β-amino-alcohol motifs (C(OH)–C–C–N with tert-alkyl or cyclic N) is 1.